The number of hydrogen-bond donors (Lipinski definition) is 7. The SMILES string of the molecule is CCCN(C)CCN(CCC)CCN(CCN(C)CCC)CCN(CCC)CC(O)COCCOCCOCC(O)CNCCNCCN(CCN)CCN(C)CCNCCN. The molecular weight excluding hydrogens is 789 g/mol. The molecule has 17 heteroatoms. The quantitative estimate of drug-likeness (QED) is 0.0373. The van der Waals surface area contributed by atoms with Gasteiger partial charge in [-0.15, -0.1) is 0 Å². The predicted molar refractivity (Wildman–Crippen MR) is 261 cm³/mol. The van der Waals surface area contributed by atoms with E-state index in [1.54, 1.807) is 0 Å². The van der Waals surface area contributed by atoms with E-state index in [-0.39, 0.29) is 13.2 Å². The molecule has 0 fully saturated rings. The van der Waals surface area contributed by atoms with Gasteiger partial charge in [-0.2, -0.15) is 0 Å². The second-order valence-electron chi connectivity index (χ2n) is 17.1. The van der Waals surface area contributed by atoms with Crippen LogP contribution in [0.2, 0.25) is 0 Å². The van der Waals surface area contributed by atoms with Gasteiger partial charge in [-0.25, -0.2) is 0 Å². The van der Waals surface area contributed by atoms with Gasteiger partial charge in [0, 0.05) is 144 Å². The molecule has 0 amide bonds. The first-order valence-electron chi connectivity index (χ1n) is 24.7. The minimum atomic E-state index is -0.575. The van der Waals surface area contributed by atoms with Gasteiger partial charge in [0.2, 0.25) is 0 Å². The van der Waals surface area contributed by atoms with Crippen LogP contribution in [0, 0.1) is 0 Å². The summed E-state index contributed by atoms with van der Waals surface area (Å²) in [7, 11) is 6.61. The van der Waals surface area contributed by atoms with Crippen molar-refractivity contribution in [1.29, 1.82) is 0 Å². The average molecular weight is 893 g/mol. The van der Waals surface area contributed by atoms with Crippen molar-refractivity contribution in [2.45, 2.75) is 65.6 Å². The molecule has 0 aliphatic rings. The maximum absolute atomic E-state index is 10.9. The molecule has 0 rings (SSSR count). The second-order valence-corrected chi connectivity index (χ2v) is 17.1. The number of nitrogens with one attached hydrogen (secondary N) is 3. The summed E-state index contributed by atoms with van der Waals surface area (Å²) < 4.78 is 17.1. The lowest BCUT2D eigenvalue weighted by Gasteiger charge is -2.32. The van der Waals surface area contributed by atoms with Crippen molar-refractivity contribution >= 4 is 0 Å². The molecule has 0 aliphatic carbocycles. The summed E-state index contributed by atoms with van der Waals surface area (Å²) in [6, 6.07) is 0. The molecular formula is C45H104N12O5. The molecule has 0 aromatic rings. The van der Waals surface area contributed by atoms with Gasteiger partial charge in [0.25, 0.3) is 0 Å². The highest BCUT2D eigenvalue weighted by Crippen LogP contribution is 2.02. The molecule has 0 spiro atoms. The monoisotopic (exact) mass is 893 g/mol. The van der Waals surface area contributed by atoms with Crippen molar-refractivity contribution in [1.82, 2.24) is 50.2 Å². The van der Waals surface area contributed by atoms with Crippen LogP contribution in [0.1, 0.15) is 53.4 Å². The van der Waals surface area contributed by atoms with Gasteiger partial charge in [-0.3, -0.25) is 14.7 Å². The fourth-order valence-electron chi connectivity index (χ4n) is 7.21. The van der Waals surface area contributed by atoms with Gasteiger partial charge in [0.1, 0.15) is 0 Å². The number of aliphatic hydroxyl groups is 2. The van der Waals surface area contributed by atoms with E-state index in [0.717, 1.165) is 150 Å². The van der Waals surface area contributed by atoms with Gasteiger partial charge in [-0.1, -0.05) is 27.7 Å². The normalized spacial score (nSPS) is 13.5. The van der Waals surface area contributed by atoms with E-state index in [9.17, 15) is 10.2 Å². The molecule has 0 bridgehead atoms. The molecule has 0 aromatic heterocycles. The summed E-state index contributed by atoms with van der Waals surface area (Å²) >= 11 is 0. The number of aliphatic hydroxyl groups excluding tert-OH is 2. The van der Waals surface area contributed by atoms with E-state index in [0.29, 0.717) is 52.6 Å². The Kier molecular flexibility index (Phi) is 45.0. The lowest BCUT2D eigenvalue weighted by atomic mass is 10.3. The maximum atomic E-state index is 10.9. The van der Waals surface area contributed by atoms with Crippen molar-refractivity contribution in [2.24, 2.45) is 11.5 Å². The van der Waals surface area contributed by atoms with E-state index in [2.05, 4.69) is 99.1 Å². The van der Waals surface area contributed by atoms with Crippen molar-refractivity contribution < 1.29 is 24.4 Å². The predicted octanol–water partition coefficient (Wildman–Crippen LogP) is -0.912. The van der Waals surface area contributed by atoms with E-state index in [4.69, 9.17) is 25.7 Å². The van der Waals surface area contributed by atoms with Gasteiger partial charge < -0.3 is 71.4 Å². The largest absolute Gasteiger partial charge is 0.389 e. The highest BCUT2D eigenvalue weighted by atomic mass is 16.5. The zero-order valence-corrected chi connectivity index (χ0v) is 41.5. The molecule has 0 heterocycles. The molecule has 2 atom stereocenters. The highest BCUT2D eigenvalue weighted by Gasteiger charge is 2.16. The Bertz CT molecular complexity index is 910. The van der Waals surface area contributed by atoms with E-state index < -0.39 is 12.2 Å². The van der Waals surface area contributed by atoms with Crippen LogP contribution in [-0.4, -0.2) is 288 Å². The summed E-state index contributed by atoms with van der Waals surface area (Å²) in [6.45, 7) is 35.6. The fraction of sp³-hybridized carbons (Fsp3) is 1.00. The lowest BCUT2D eigenvalue weighted by molar-refractivity contribution is -0.0261. The summed E-state index contributed by atoms with van der Waals surface area (Å²) in [5.74, 6) is 0. The molecule has 374 valence electrons. The van der Waals surface area contributed by atoms with Crippen LogP contribution < -0.4 is 27.4 Å². The van der Waals surface area contributed by atoms with Gasteiger partial charge in [0.05, 0.1) is 51.8 Å². The Labute approximate surface area is 381 Å². The number of nitrogens with zero attached hydrogens (tertiary/aromatic N) is 7. The number of likely N-dealkylation sites (N-methyl/N-ethyl adjacent to an activating group) is 3. The van der Waals surface area contributed by atoms with Crippen molar-refractivity contribution in [3.05, 3.63) is 0 Å². The smallest absolute Gasteiger partial charge is 0.0900 e. The van der Waals surface area contributed by atoms with E-state index in [1.165, 1.54) is 19.3 Å². The number of hydrogen-bond acceptors (Lipinski definition) is 17. The summed E-state index contributed by atoms with van der Waals surface area (Å²) in [6.07, 6.45) is 3.47. The fourth-order valence-corrected chi connectivity index (χ4v) is 7.21. The second kappa shape index (κ2) is 45.5. The number of nitrogens with two attached hydrogens (primary N) is 2. The molecule has 9 N–H and O–H groups in total. The number of ether oxygens (including phenoxy) is 3. The average Bonchev–Trinajstić information content (AvgIpc) is 3.24. The molecule has 0 saturated carbocycles. The zero-order chi connectivity index (χ0) is 45.9. The van der Waals surface area contributed by atoms with Crippen LogP contribution in [0.15, 0.2) is 0 Å². The molecule has 0 aromatic carbocycles. The summed E-state index contributed by atoms with van der Waals surface area (Å²) in [5, 5.41) is 31.3. The van der Waals surface area contributed by atoms with Crippen LogP contribution >= 0.6 is 0 Å². The first kappa shape index (κ1) is 61.3. The topological polar surface area (TPSA) is 179 Å². The third-order valence-corrected chi connectivity index (χ3v) is 10.9. The Balaban J connectivity index is 4.25. The van der Waals surface area contributed by atoms with Gasteiger partial charge >= 0.3 is 0 Å². The molecule has 0 radical (unpaired) electrons. The van der Waals surface area contributed by atoms with Crippen molar-refractivity contribution in [3.63, 3.8) is 0 Å². The highest BCUT2D eigenvalue weighted by molar-refractivity contribution is 4.72. The third-order valence-electron chi connectivity index (χ3n) is 10.9. The van der Waals surface area contributed by atoms with E-state index in [1.807, 2.05) is 0 Å². The van der Waals surface area contributed by atoms with E-state index >= 15 is 0 Å². The zero-order valence-electron chi connectivity index (χ0n) is 41.5. The standard InChI is InChI=1S/C45H104N12O5/c1-8-19-51(5)26-29-54(21-10-3)32-33-56(31-27-52(6)20-9-2)34-35-57(22-11-4)41-45(59)43-62-39-37-60-36-38-61-42-44(58)40-50-16-15-49-18-25-55(23-13-47)30-28-53(7)24-17-48-14-12-46/h44-45,48-50,58-59H,8-43,46-47H2,1-7H3. The minimum absolute atomic E-state index is 0.258. The van der Waals surface area contributed by atoms with Gasteiger partial charge in [0.15, 0.2) is 0 Å². The van der Waals surface area contributed by atoms with Crippen molar-refractivity contribution in [2.75, 3.05) is 231 Å². The molecule has 62 heavy (non-hydrogen) atoms. The number of rotatable bonds is 50. The molecule has 0 saturated heterocycles. The van der Waals surface area contributed by atoms with Crippen LogP contribution in [0.4, 0.5) is 0 Å². The van der Waals surface area contributed by atoms with Crippen LogP contribution in [-0.2, 0) is 14.2 Å². The Morgan fingerprint density at radius 1 is 0.403 bits per heavy atom. The van der Waals surface area contributed by atoms with Crippen LogP contribution in [0.5, 0.6) is 0 Å². The first-order valence-corrected chi connectivity index (χ1v) is 24.7. The maximum Gasteiger partial charge on any atom is 0.0900 e. The molecule has 17 nitrogen and oxygen atoms in total. The summed E-state index contributed by atoms with van der Waals surface area (Å²) in [5.41, 5.74) is 11.4. The Morgan fingerprint density at radius 3 is 1.37 bits per heavy atom. The van der Waals surface area contributed by atoms with Crippen LogP contribution in [0.25, 0.3) is 0 Å². The third kappa shape index (κ3) is 39.7. The molecule has 2 unspecified atom stereocenters. The first-order chi connectivity index (χ1) is 30.1. The minimum Gasteiger partial charge on any atom is -0.389 e. The Hall–Kier alpha value is -0.680. The lowest BCUT2D eigenvalue weighted by Crippen LogP contribution is -2.45. The molecule has 0 aliphatic heterocycles. The summed E-state index contributed by atoms with van der Waals surface area (Å²) in [4.78, 5) is 17.3. The van der Waals surface area contributed by atoms with Crippen molar-refractivity contribution in [3.8, 4) is 0 Å². The van der Waals surface area contributed by atoms with Crippen LogP contribution in [0.3, 0.4) is 0 Å². The van der Waals surface area contributed by atoms with Gasteiger partial charge in [-0.05, 0) is 73.0 Å². The Morgan fingerprint density at radius 2 is 0.823 bits per heavy atom.